The number of ether oxygens (including phenoxy) is 7. The normalized spacial score (nSPS) is 45.7. The first-order valence-corrected chi connectivity index (χ1v) is 17.6. The van der Waals surface area contributed by atoms with Crippen molar-refractivity contribution in [3.8, 4) is 0 Å². The molecule has 4 heterocycles. The zero-order valence-corrected chi connectivity index (χ0v) is 30.3. The molecule has 21 atom stereocenters. The van der Waals surface area contributed by atoms with E-state index < -0.39 is 172 Å². The van der Waals surface area contributed by atoms with Crippen LogP contribution in [0.2, 0.25) is 0 Å². The first kappa shape index (κ1) is 46.3. The summed E-state index contributed by atoms with van der Waals surface area (Å²) in [5.74, 6) is -6.38. The molecular formula is C31H52N2O23. The molecule has 56 heavy (non-hydrogen) atoms. The Morgan fingerprint density at radius 3 is 1.93 bits per heavy atom. The fraction of sp³-hybridized carbons (Fsp3) is 0.903. The summed E-state index contributed by atoms with van der Waals surface area (Å²) in [4.78, 5) is 36.7. The third-order valence-electron chi connectivity index (χ3n) is 9.95. The van der Waals surface area contributed by atoms with Crippen molar-refractivity contribution in [2.75, 3.05) is 19.8 Å². The van der Waals surface area contributed by atoms with Crippen LogP contribution in [0.1, 0.15) is 27.2 Å². The van der Waals surface area contributed by atoms with Crippen LogP contribution >= 0.6 is 0 Å². The molecule has 0 spiro atoms. The van der Waals surface area contributed by atoms with Gasteiger partial charge in [-0.1, -0.05) is 0 Å². The third kappa shape index (κ3) is 9.91. The first-order valence-electron chi connectivity index (χ1n) is 17.6. The Morgan fingerprint density at radius 2 is 1.36 bits per heavy atom. The van der Waals surface area contributed by atoms with E-state index in [2.05, 4.69) is 10.6 Å². The van der Waals surface area contributed by atoms with E-state index in [0.29, 0.717) is 0 Å². The van der Waals surface area contributed by atoms with Crippen molar-refractivity contribution < 1.29 is 114 Å². The second kappa shape index (κ2) is 19.1. The minimum atomic E-state index is -2.91. The fourth-order valence-electron chi connectivity index (χ4n) is 6.86. The van der Waals surface area contributed by atoms with Crippen molar-refractivity contribution in [3.05, 3.63) is 0 Å². The van der Waals surface area contributed by atoms with Gasteiger partial charge in [-0.15, -0.1) is 0 Å². The van der Waals surface area contributed by atoms with Gasteiger partial charge >= 0.3 is 5.97 Å². The van der Waals surface area contributed by atoms with E-state index in [1.54, 1.807) is 0 Å². The highest BCUT2D eigenvalue weighted by molar-refractivity contribution is 5.76. The summed E-state index contributed by atoms with van der Waals surface area (Å²) >= 11 is 0. The Morgan fingerprint density at radius 1 is 0.750 bits per heavy atom. The zero-order chi connectivity index (χ0) is 42.0. The molecule has 25 nitrogen and oxygen atoms in total. The number of nitrogens with one attached hydrogen (secondary N) is 2. The van der Waals surface area contributed by atoms with E-state index in [9.17, 15) is 80.8 Å². The molecule has 4 fully saturated rings. The highest BCUT2D eigenvalue weighted by Gasteiger charge is 2.58. The fourth-order valence-corrected chi connectivity index (χ4v) is 6.86. The Hall–Kier alpha value is -2.35. The maximum absolute atomic E-state index is 12.7. The number of rotatable bonds is 14. The number of aliphatic hydroxyl groups excluding tert-OH is 12. The molecule has 15 N–H and O–H groups in total. The summed E-state index contributed by atoms with van der Waals surface area (Å²) in [6.07, 6.45) is -34.2. The largest absolute Gasteiger partial charge is 0.477 e. The second-order valence-electron chi connectivity index (χ2n) is 14.1. The lowest BCUT2D eigenvalue weighted by Gasteiger charge is -2.49. The Kier molecular flexibility index (Phi) is 15.8. The highest BCUT2D eigenvalue weighted by atomic mass is 16.8. The first-order chi connectivity index (χ1) is 26.2. The topological polar surface area (TPSA) is 403 Å². The van der Waals surface area contributed by atoms with E-state index in [1.807, 2.05) is 0 Å². The molecule has 4 rings (SSSR count). The predicted octanol–water partition coefficient (Wildman–Crippen LogP) is -9.23. The molecule has 4 saturated heterocycles. The lowest BCUT2D eigenvalue weighted by atomic mass is 9.88. The molecule has 4 aliphatic rings. The zero-order valence-electron chi connectivity index (χ0n) is 30.3. The standard InChI is InChI=1S/C31H52N2O23/c1-8-17(40)21(44)23(46)28(51-8)55-26-22(45)19(42)13(6-35)53-29(26)54-24-16(33-10(3)37)27(47)52-14(20(24)43)7-50-31(30(48)49)4-11(38)15(32-9(2)36)25(56-31)18(41)12(39)5-34/h8,11-29,34-35,38-47H,4-7H2,1-3H3,(H,32,36)(H,33,37)(H,48,49)/t8-,11-,12+,13+,14+,15+,16+,17+,18+,19-,20+,21+,22-,23-,24+,25+,26+,27?,28-,29-,31+/m0/s1. The monoisotopic (exact) mass is 820 g/mol. The number of carboxylic acid groups (broad SMARTS) is 1. The van der Waals surface area contributed by atoms with Gasteiger partial charge in [-0.25, -0.2) is 4.79 Å². The summed E-state index contributed by atoms with van der Waals surface area (Å²) in [6.45, 7) is 0.379. The van der Waals surface area contributed by atoms with Crippen LogP contribution in [0, 0.1) is 0 Å². The summed E-state index contributed by atoms with van der Waals surface area (Å²) in [5.41, 5.74) is 0. The molecule has 0 aromatic heterocycles. The molecule has 0 aliphatic carbocycles. The van der Waals surface area contributed by atoms with Crippen LogP contribution in [0.15, 0.2) is 0 Å². The van der Waals surface area contributed by atoms with Crippen LogP contribution in [-0.4, -0.2) is 232 Å². The highest BCUT2D eigenvalue weighted by Crippen LogP contribution is 2.36. The average Bonchev–Trinajstić information content (AvgIpc) is 3.14. The van der Waals surface area contributed by atoms with Gasteiger partial charge in [0, 0.05) is 20.3 Å². The molecule has 1 unspecified atom stereocenters. The predicted molar refractivity (Wildman–Crippen MR) is 173 cm³/mol. The second-order valence-corrected chi connectivity index (χ2v) is 14.1. The minimum absolute atomic E-state index is 0.750. The molecule has 0 bridgehead atoms. The van der Waals surface area contributed by atoms with Gasteiger partial charge in [0.25, 0.3) is 5.79 Å². The molecule has 4 aliphatic heterocycles. The van der Waals surface area contributed by atoms with Crippen molar-refractivity contribution in [2.45, 2.75) is 155 Å². The maximum Gasteiger partial charge on any atom is 0.364 e. The number of aliphatic carboxylic acids is 1. The molecule has 2 amide bonds. The molecule has 0 aromatic carbocycles. The van der Waals surface area contributed by atoms with Gasteiger partial charge in [0.15, 0.2) is 18.9 Å². The number of hydrogen-bond donors (Lipinski definition) is 15. The summed E-state index contributed by atoms with van der Waals surface area (Å²) in [5, 5.41) is 141. The maximum atomic E-state index is 12.7. The number of amides is 2. The molecule has 0 radical (unpaired) electrons. The van der Waals surface area contributed by atoms with Crippen LogP contribution < -0.4 is 10.6 Å². The van der Waals surface area contributed by atoms with Gasteiger partial charge in [0.05, 0.1) is 38.1 Å². The number of carboxylic acids is 1. The van der Waals surface area contributed by atoms with Crippen molar-refractivity contribution in [1.82, 2.24) is 10.6 Å². The van der Waals surface area contributed by atoms with E-state index in [1.165, 1.54) is 6.92 Å². The number of aliphatic hydroxyl groups is 12. The van der Waals surface area contributed by atoms with Gasteiger partial charge in [-0.2, -0.15) is 0 Å². The van der Waals surface area contributed by atoms with Crippen LogP contribution in [0.3, 0.4) is 0 Å². The van der Waals surface area contributed by atoms with Gasteiger partial charge in [-0.3, -0.25) is 9.59 Å². The van der Waals surface area contributed by atoms with Crippen molar-refractivity contribution in [2.24, 2.45) is 0 Å². The van der Waals surface area contributed by atoms with E-state index in [4.69, 9.17) is 33.2 Å². The van der Waals surface area contributed by atoms with Gasteiger partial charge in [-0.05, 0) is 6.92 Å². The van der Waals surface area contributed by atoms with Crippen LogP contribution in [0.5, 0.6) is 0 Å². The van der Waals surface area contributed by atoms with Crippen molar-refractivity contribution >= 4 is 17.8 Å². The summed E-state index contributed by atoms with van der Waals surface area (Å²) in [7, 11) is 0. The van der Waals surface area contributed by atoms with Gasteiger partial charge < -0.3 is 110 Å². The number of carbonyl (C=O) groups excluding carboxylic acids is 2. The number of carbonyl (C=O) groups is 3. The smallest absolute Gasteiger partial charge is 0.364 e. The van der Waals surface area contributed by atoms with Crippen LogP contribution in [0.25, 0.3) is 0 Å². The summed E-state index contributed by atoms with van der Waals surface area (Å²) < 4.78 is 39.2. The van der Waals surface area contributed by atoms with Crippen LogP contribution in [0.4, 0.5) is 0 Å². The molecule has 0 saturated carbocycles. The lowest BCUT2D eigenvalue weighted by molar-refractivity contribution is -0.381. The van der Waals surface area contributed by atoms with Gasteiger partial charge in [0.1, 0.15) is 85.4 Å². The SMILES string of the molecule is CC(=O)N[C@H]1[C@H]([C@H](O)[C@H](O)CO)O[C@@](OC[C@H]2OC(O)[C@H](NC(C)=O)[C@@H](O[C@@H]3O[C@H](CO)[C@H](O)[C@H](O)[C@H]3O[C@@H]3O[C@@H](C)[C@@H](O)[C@@H](O)[C@@H]3O)[C@@H]2O)(C(=O)O)C[C@@H]1O. The van der Waals surface area contributed by atoms with Crippen molar-refractivity contribution in [3.63, 3.8) is 0 Å². The summed E-state index contributed by atoms with van der Waals surface area (Å²) in [6, 6.07) is -3.22. The van der Waals surface area contributed by atoms with E-state index in [0.717, 1.165) is 13.8 Å². The Labute approximate surface area is 317 Å². The molecule has 25 heteroatoms. The van der Waals surface area contributed by atoms with E-state index >= 15 is 0 Å². The third-order valence-corrected chi connectivity index (χ3v) is 9.95. The lowest BCUT2D eigenvalue weighted by Crippen LogP contribution is -2.70. The van der Waals surface area contributed by atoms with E-state index in [-0.39, 0.29) is 0 Å². The Bertz CT molecular complexity index is 1330. The molecular weight excluding hydrogens is 768 g/mol. The minimum Gasteiger partial charge on any atom is -0.477 e. The van der Waals surface area contributed by atoms with Crippen LogP contribution in [-0.2, 0) is 47.5 Å². The molecule has 0 aromatic rings. The Balaban J connectivity index is 1.63. The van der Waals surface area contributed by atoms with Crippen molar-refractivity contribution in [1.29, 1.82) is 0 Å². The number of hydrogen-bond acceptors (Lipinski definition) is 22. The molecule has 324 valence electrons. The average molecular weight is 821 g/mol. The quantitative estimate of drug-likeness (QED) is 0.0773. The van der Waals surface area contributed by atoms with Gasteiger partial charge in [0.2, 0.25) is 11.8 Å².